The SMILES string of the molecule is NC(=O)c1sc2cncc(-c3cncc4ccccc34)c2c1N. The van der Waals surface area contributed by atoms with Crippen LogP contribution in [0.5, 0.6) is 0 Å². The molecule has 23 heavy (non-hydrogen) atoms. The first kappa shape index (κ1) is 13.7. The van der Waals surface area contributed by atoms with Crippen LogP contribution < -0.4 is 11.5 Å². The van der Waals surface area contributed by atoms with Crippen LogP contribution in [0.3, 0.4) is 0 Å². The molecule has 1 aromatic carbocycles. The Hall–Kier alpha value is -2.99. The molecule has 112 valence electrons. The number of anilines is 1. The summed E-state index contributed by atoms with van der Waals surface area (Å²) in [6.07, 6.45) is 7.06. The van der Waals surface area contributed by atoms with Gasteiger partial charge in [-0.1, -0.05) is 24.3 Å². The van der Waals surface area contributed by atoms with Gasteiger partial charge in [-0.15, -0.1) is 11.3 Å². The molecular formula is C17H12N4OS. The molecule has 1 amide bonds. The number of nitrogens with zero attached hydrogens (tertiary/aromatic N) is 2. The highest BCUT2D eigenvalue weighted by molar-refractivity contribution is 7.21. The molecule has 0 bridgehead atoms. The molecule has 0 fully saturated rings. The number of carbonyl (C=O) groups excluding carboxylic acids is 1. The Balaban J connectivity index is 2.11. The number of amides is 1. The van der Waals surface area contributed by atoms with Gasteiger partial charge in [0, 0.05) is 46.7 Å². The Morgan fingerprint density at radius 3 is 2.57 bits per heavy atom. The highest BCUT2D eigenvalue weighted by Crippen LogP contribution is 2.40. The van der Waals surface area contributed by atoms with Crippen LogP contribution in [0.15, 0.2) is 49.1 Å². The molecule has 0 aliphatic heterocycles. The number of rotatable bonds is 2. The zero-order valence-electron chi connectivity index (χ0n) is 12.0. The number of primary amides is 1. The lowest BCUT2D eigenvalue weighted by atomic mass is 9.99. The minimum atomic E-state index is -0.523. The Bertz CT molecular complexity index is 1070. The molecule has 0 aliphatic carbocycles. The van der Waals surface area contributed by atoms with Crippen LogP contribution in [0.1, 0.15) is 9.67 Å². The van der Waals surface area contributed by atoms with E-state index < -0.39 is 5.91 Å². The molecule has 0 saturated carbocycles. The number of carbonyl (C=O) groups is 1. The molecule has 6 heteroatoms. The first-order valence-electron chi connectivity index (χ1n) is 6.95. The van der Waals surface area contributed by atoms with E-state index in [1.54, 1.807) is 18.6 Å². The van der Waals surface area contributed by atoms with Gasteiger partial charge in [0.1, 0.15) is 4.88 Å². The quantitative estimate of drug-likeness (QED) is 0.593. The molecule has 5 nitrogen and oxygen atoms in total. The molecule has 4 aromatic rings. The van der Waals surface area contributed by atoms with Crippen molar-refractivity contribution in [1.82, 2.24) is 9.97 Å². The fourth-order valence-electron chi connectivity index (χ4n) is 2.79. The molecule has 0 atom stereocenters. The minimum absolute atomic E-state index is 0.363. The standard InChI is InChI=1S/C17H12N4OS/c18-15-14-12(7-21-8-13(14)23-16(15)17(19)22)11-6-20-5-9-3-1-2-4-10(9)11/h1-8H,18H2,(H2,19,22). The molecule has 0 radical (unpaired) electrons. The van der Waals surface area contributed by atoms with E-state index in [2.05, 4.69) is 9.97 Å². The van der Waals surface area contributed by atoms with Crippen molar-refractivity contribution < 1.29 is 4.79 Å². The van der Waals surface area contributed by atoms with Crippen molar-refractivity contribution in [2.24, 2.45) is 5.73 Å². The predicted molar refractivity (Wildman–Crippen MR) is 93.3 cm³/mol. The summed E-state index contributed by atoms with van der Waals surface area (Å²) in [5.41, 5.74) is 13.8. The fourth-order valence-corrected chi connectivity index (χ4v) is 3.76. The summed E-state index contributed by atoms with van der Waals surface area (Å²) in [7, 11) is 0. The van der Waals surface area contributed by atoms with E-state index >= 15 is 0 Å². The van der Waals surface area contributed by atoms with Crippen molar-refractivity contribution in [2.75, 3.05) is 5.73 Å². The average molecular weight is 320 g/mol. The lowest BCUT2D eigenvalue weighted by Gasteiger charge is -2.08. The molecule has 0 unspecified atom stereocenters. The molecular weight excluding hydrogens is 308 g/mol. The van der Waals surface area contributed by atoms with Crippen molar-refractivity contribution in [3.8, 4) is 11.1 Å². The minimum Gasteiger partial charge on any atom is -0.397 e. The summed E-state index contributed by atoms with van der Waals surface area (Å²) >= 11 is 1.26. The van der Waals surface area contributed by atoms with Crippen LogP contribution >= 0.6 is 11.3 Å². The second kappa shape index (κ2) is 5.03. The number of hydrogen-bond acceptors (Lipinski definition) is 5. The Morgan fingerprint density at radius 2 is 1.74 bits per heavy atom. The molecule has 4 rings (SSSR count). The third-order valence-electron chi connectivity index (χ3n) is 3.82. The summed E-state index contributed by atoms with van der Waals surface area (Å²) in [6, 6.07) is 7.98. The van der Waals surface area contributed by atoms with Crippen LogP contribution in [0.4, 0.5) is 5.69 Å². The smallest absolute Gasteiger partial charge is 0.260 e. The van der Waals surface area contributed by atoms with Crippen LogP contribution in [0, 0.1) is 0 Å². The maximum Gasteiger partial charge on any atom is 0.260 e. The van der Waals surface area contributed by atoms with Gasteiger partial charge in [0.2, 0.25) is 0 Å². The second-order valence-corrected chi connectivity index (χ2v) is 6.23. The van der Waals surface area contributed by atoms with E-state index in [-0.39, 0.29) is 0 Å². The normalized spacial score (nSPS) is 11.1. The molecule has 0 spiro atoms. The van der Waals surface area contributed by atoms with Gasteiger partial charge in [-0.25, -0.2) is 0 Å². The Labute approximate surface area is 135 Å². The number of fused-ring (bicyclic) bond motifs is 2. The van der Waals surface area contributed by atoms with E-state index in [1.807, 2.05) is 30.5 Å². The summed E-state index contributed by atoms with van der Waals surface area (Å²) in [6.45, 7) is 0. The van der Waals surface area contributed by atoms with Crippen LogP contribution in [0.2, 0.25) is 0 Å². The zero-order valence-corrected chi connectivity index (χ0v) is 12.8. The first-order chi connectivity index (χ1) is 11.2. The van der Waals surface area contributed by atoms with Gasteiger partial charge in [-0.3, -0.25) is 14.8 Å². The van der Waals surface area contributed by atoms with Crippen LogP contribution in [0.25, 0.3) is 32.0 Å². The molecule has 4 N–H and O–H groups in total. The summed E-state index contributed by atoms with van der Waals surface area (Å²) < 4.78 is 0.835. The monoisotopic (exact) mass is 320 g/mol. The fraction of sp³-hybridized carbons (Fsp3) is 0. The largest absolute Gasteiger partial charge is 0.397 e. The van der Waals surface area contributed by atoms with Gasteiger partial charge in [-0.05, 0) is 5.39 Å². The molecule has 0 saturated heterocycles. The molecule has 0 aliphatic rings. The van der Waals surface area contributed by atoms with Crippen molar-refractivity contribution in [3.05, 3.63) is 53.9 Å². The third-order valence-corrected chi connectivity index (χ3v) is 4.97. The maximum atomic E-state index is 11.6. The van der Waals surface area contributed by atoms with Crippen LogP contribution in [-0.4, -0.2) is 15.9 Å². The number of pyridine rings is 2. The Morgan fingerprint density at radius 1 is 1.00 bits per heavy atom. The van der Waals surface area contributed by atoms with E-state index in [0.29, 0.717) is 10.6 Å². The van der Waals surface area contributed by atoms with E-state index in [0.717, 1.165) is 32.0 Å². The van der Waals surface area contributed by atoms with Gasteiger partial charge in [0.25, 0.3) is 5.91 Å². The summed E-state index contributed by atoms with van der Waals surface area (Å²) in [5, 5.41) is 2.89. The first-order valence-corrected chi connectivity index (χ1v) is 7.77. The van der Waals surface area contributed by atoms with Crippen molar-refractivity contribution >= 4 is 43.8 Å². The number of nitrogens with two attached hydrogens (primary N) is 2. The van der Waals surface area contributed by atoms with Crippen molar-refractivity contribution in [1.29, 1.82) is 0 Å². The zero-order chi connectivity index (χ0) is 16.0. The van der Waals surface area contributed by atoms with E-state index in [1.165, 1.54) is 11.3 Å². The lowest BCUT2D eigenvalue weighted by Crippen LogP contribution is -2.10. The number of hydrogen-bond donors (Lipinski definition) is 2. The van der Waals surface area contributed by atoms with Gasteiger partial charge < -0.3 is 11.5 Å². The van der Waals surface area contributed by atoms with E-state index in [4.69, 9.17) is 11.5 Å². The number of thiophene rings is 1. The average Bonchev–Trinajstić information content (AvgIpc) is 2.92. The van der Waals surface area contributed by atoms with Crippen LogP contribution in [-0.2, 0) is 0 Å². The summed E-state index contributed by atoms with van der Waals surface area (Å²) in [5.74, 6) is -0.523. The van der Waals surface area contributed by atoms with Crippen molar-refractivity contribution in [2.45, 2.75) is 0 Å². The van der Waals surface area contributed by atoms with E-state index in [9.17, 15) is 4.79 Å². The number of aromatic nitrogens is 2. The van der Waals surface area contributed by atoms with Gasteiger partial charge in [-0.2, -0.15) is 0 Å². The topological polar surface area (TPSA) is 94.9 Å². The highest BCUT2D eigenvalue weighted by atomic mass is 32.1. The molecule has 3 aromatic heterocycles. The number of nitrogen functional groups attached to an aromatic ring is 1. The highest BCUT2D eigenvalue weighted by Gasteiger charge is 2.18. The Kier molecular flexibility index (Phi) is 2.99. The predicted octanol–water partition coefficient (Wildman–Crippen LogP) is 3.19. The molecule has 3 heterocycles. The number of benzene rings is 1. The third kappa shape index (κ3) is 2.03. The van der Waals surface area contributed by atoms with Gasteiger partial charge in [0.15, 0.2) is 0 Å². The lowest BCUT2D eigenvalue weighted by molar-refractivity contribution is 0.100. The second-order valence-electron chi connectivity index (χ2n) is 5.18. The summed E-state index contributed by atoms with van der Waals surface area (Å²) in [4.78, 5) is 20.5. The van der Waals surface area contributed by atoms with Gasteiger partial charge >= 0.3 is 0 Å². The maximum absolute atomic E-state index is 11.6. The van der Waals surface area contributed by atoms with Gasteiger partial charge in [0.05, 0.1) is 10.4 Å². The van der Waals surface area contributed by atoms with Crippen molar-refractivity contribution in [3.63, 3.8) is 0 Å².